The Morgan fingerprint density at radius 2 is 1.82 bits per heavy atom. The van der Waals surface area contributed by atoms with Gasteiger partial charge in [-0.25, -0.2) is 4.57 Å². The standard InChI is InChI=1S/C17H20N2O2.BrH/c1-13-6-9-19(10-7-13)11-8-17(20)18-15-12-14(2)4-5-16(15)21-3;/h4-7,9-10,12H,8,11H2,1-3H3;1H. The Labute approximate surface area is 141 Å². The molecule has 0 aliphatic carbocycles. The Balaban J connectivity index is 0.00000242. The van der Waals surface area contributed by atoms with Crippen molar-refractivity contribution >= 4 is 11.6 Å². The molecule has 0 bridgehead atoms. The molecule has 0 unspecified atom stereocenters. The normalized spacial score (nSPS) is 9.77. The lowest BCUT2D eigenvalue weighted by atomic mass is 10.2. The Bertz CT molecular complexity index is 627. The maximum atomic E-state index is 12.1. The van der Waals surface area contributed by atoms with Gasteiger partial charge in [-0.3, -0.25) is 4.79 Å². The molecule has 1 heterocycles. The summed E-state index contributed by atoms with van der Waals surface area (Å²) in [6.45, 7) is 4.68. The number of carbonyl (C=O) groups is 1. The molecule has 0 atom stereocenters. The molecular weight excluding hydrogens is 344 g/mol. The van der Waals surface area contributed by atoms with Crippen LogP contribution in [-0.4, -0.2) is 13.0 Å². The van der Waals surface area contributed by atoms with Gasteiger partial charge < -0.3 is 27.0 Å². The van der Waals surface area contributed by atoms with Crippen LogP contribution in [0.2, 0.25) is 0 Å². The van der Waals surface area contributed by atoms with Gasteiger partial charge >= 0.3 is 0 Å². The van der Waals surface area contributed by atoms with E-state index in [0.717, 1.165) is 11.3 Å². The molecule has 1 amide bonds. The van der Waals surface area contributed by atoms with E-state index in [0.29, 0.717) is 18.7 Å². The third-order valence-electron chi connectivity index (χ3n) is 3.28. The number of nitrogens with one attached hydrogen (secondary N) is 1. The van der Waals surface area contributed by atoms with Crippen LogP contribution in [0, 0.1) is 13.8 Å². The smallest absolute Gasteiger partial charge is 0.230 e. The van der Waals surface area contributed by atoms with E-state index in [2.05, 4.69) is 5.32 Å². The molecule has 5 heteroatoms. The van der Waals surface area contributed by atoms with Crippen LogP contribution in [0.3, 0.4) is 0 Å². The second-order valence-electron chi connectivity index (χ2n) is 5.12. The molecule has 118 valence electrons. The van der Waals surface area contributed by atoms with Crippen LogP contribution < -0.4 is 31.6 Å². The third-order valence-corrected chi connectivity index (χ3v) is 3.28. The number of methoxy groups -OCH3 is 1. The van der Waals surface area contributed by atoms with Crippen LogP contribution in [0.5, 0.6) is 5.75 Å². The predicted octanol–water partition coefficient (Wildman–Crippen LogP) is -0.368. The maximum Gasteiger partial charge on any atom is 0.230 e. The third kappa shape index (κ3) is 5.15. The Hall–Kier alpha value is -1.88. The second kappa shape index (κ2) is 8.54. The molecule has 22 heavy (non-hydrogen) atoms. The monoisotopic (exact) mass is 364 g/mol. The number of aryl methyl sites for hydroxylation is 3. The van der Waals surface area contributed by atoms with E-state index in [1.807, 2.05) is 61.1 Å². The number of carbonyl (C=O) groups excluding carboxylic acids is 1. The molecule has 0 saturated carbocycles. The van der Waals surface area contributed by atoms with E-state index in [1.165, 1.54) is 5.56 Å². The van der Waals surface area contributed by atoms with Gasteiger partial charge in [0, 0.05) is 12.1 Å². The van der Waals surface area contributed by atoms with Crippen molar-refractivity contribution in [2.45, 2.75) is 26.8 Å². The molecule has 0 fully saturated rings. The van der Waals surface area contributed by atoms with E-state index in [1.54, 1.807) is 7.11 Å². The molecule has 0 spiro atoms. The average molecular weight is 365 g/mol. The minimum Gasteiger partial charge on any atom is -1.00 e. The highest BCUT2D eigenvalue weighted by Crippen LogP contribution is 2.25. The van der Waals surface area contributed by atoms with Gasteiger partial charge in [0.05, 0.1) is 19.2 Å². The van der Waals surface area contributed by atoms with Crippen molar-refractivity contribution in [2.75, 3.05) is 12.4 Å². The van der Waals surface area contributed by atoms with Gasteiger partial charge in [-0.05, 0) is 37.1 Å². The van der Waals surface area contributed by atoms with E-state index >= 15 is 0 Å². The summed E-state index contributed by atoms with van der Waals surface area (Å²) >= 11 is 0. The summed E-state index contributed by atoms with van der Waals surface area (Å²) in [6.07, 6.45) is 4.39. The average Bonchev–Trinajstić information content (AvgIpc) is 2.47. The number of hydrogen-bond donors (Lipinski definition) is 1. The lowest BCUT2D eigenvalue weighted by Crippen LogP contribution is -3.00. The topological polar surface area (TPSA) is 42.2 Å². The molecule has 2 aromatic rings. The van der Waals surface area contributed by atoms with E-state index in [-0.39, 0.29) is 22.9 Å². The van der Waals surface area contributed by atoms with E-state index in [4.69, 9.17) is 4.74 Å². The zero-order chi connectivity index (χ0) is 15.2. The molecule has 1 N–H and O–H groups in total. The molecule has 0 saturated heterocycles. The minimum atomic E-state index is -0.0213. The zero-order valence-corrected chi connectivity index (χ0v) is 14.7. The first-order valence-corrected chi connectivity index (χ1v) is 6.98. The first kappa shape index (κ1) is 18.2. The van der Waals surface area contributed by atoms with Gasteiger partial charge in [0.1, 0.15) is 5.75 Å². The summed E-state index contributed by atoms with van der Waals surface area (Å²) < 4.78 is 7.26. The maximum absolute atomic E-state index is 12.1. The molecule has 0 aliphatic rings. The number of pyridine rings is 1. The van der Waals surface area contributed by atoms with Crippen molar-refractivity contribution in [1.29, 1.82) is 0 Å². The highest BCUT2D eigenvalue weighted by molar-refractivity contribution is 5.92. The molecule has 1 aromatic heterocycles. The number of aromatic nitrogens is 1. The number of anilines is 1. The number of amides is 1. The van der Waals surface area contributed by atoms with Gasteiger partial charge in [-0.2, -0.15) is 0 Å². The van der Waals surface area contributed by atoms with Gasteiger partial charge in [-0.15, -0.1) is 0 Å². The van der Waals surface area contributed by atoms with Crippen LogP contribution in [0.15, 0.2) is 42.7 Å². The Kier molecular flexibility index (Phi) is 7.05. The molecule has 0 aliphatic heterocycles. The number of ether oxygens (including phenoxy) is 1. The highest BCUT2D eigenvalue weighted by atomic mass is 79.9. The Morgan fingerprint density at radius 1 is 1.14 bits per heavy atom. The summed E-state index contributed by atoms with van der Waals surface area (Å²) in [6, 6.07) is 9.79. The fourth-order valence-corrected chi connectivity index (χ4v) is 2.04. The molecule has 4 nitrogen and oxygen atoms in total. The first-order valence-electron chi connectivity index (χ1n) is 6.98. The van der Waals surface area contributed by atoms with Crippen molar-refractivity contribution < 1.29 is 31.1 Å². The quantitative estimate of drug-likeness (QED) is 0.735. The highest BCUT2D eigenvalue weighted by Gasteiger charge is 2.10. The number of hydrogen-bond acceptors (Lipinski definition) is 2. The number of nitrogens with zero attached hydrogens (tertiary/aromatic N) is 1. The van der Waals surface area contributed by atoms with Crippen molar-refractivity contribution in [2.24, 2.45) is 0 Å². The predicted molar refractivity (Wildman–Crippen MR) is 82.4 cm³/mol. The lowest BCUT2D eigenvalue weighted by Gasteiger charge is -2.10. The summed E-state index contributed by atoms with van der Waals surface area (Å²) in [5.41, 5.74) is 3.01. The summed E-state index contributed by atoms with van der Waals surface area (Å²) in [7, 11) is 1.60. The molecule has 2 rings (SSSR count). The van der Waals surface area contributed by atoms with Crippen LogP contribution in [0.1, 0.15) is 17.5 Å². The van der Waals surface area contributed by atoms with Crippen LogP contribution in [-0.2, 0) is 11.3 Å². The van der Waals surface area contributed by atoms with Crippen molar-refractivity contribution in [3.05, 3.63) is 53.9 Å². The summed E-state index contributed by atoms with van der Waals surface area (Å²) in [4.78, 5) is 12.1. The first-order chi connectivity index (χ1) is 10.1. The fourth-order valence-electron chi connectivity index (χ4n) is 2.04. The fraction of sp³-hybridized carbons (Fsp3) is 0.294. The number of benzene rings is 1. The summed E-state index contributed by atoms with van der Waals surface area (Å²) in [5, 5.41) is 2.91. The largest absolute Gasteiger partial charge is 1.00 e. The number of rotatable bonds is 5. The van der Waals surface area contributed by atoms with Gasteiger partial charge in [-0.1, -0.05) is 6.07 Å². The molecule has 1 aromatic carbocycles. The van der Waals surface area contributed by atoms with Crippen molar-refractivity contribution in [1.82, 2.24) is 0 Å². The summed E-state index contributed by atoms with van der Waals surface area (Å²) in [5.74, 6) is 0.656. The van der Waals surface area contributed by atoms with Gasteiger partial charge in [0.25, 0.3) is 0 Å². The molecular formula is C17H21BrN2O2. The Morgan fingerprint density at radius 3 is 2.45 bits per heavy atom. The second-order valence-corrected chi connectivity index (χ2v) is 5.12. The minimum absolute atomic E-state index is 0. The van der Waals surface area contributed by atoms with Gasteiger partial charge in [0.15, 0.2) is 18.9 Å². The van der Waals surface area contributed by atoms with Gasteiger partial charge in [0.2, 0.25) is 5.91 Å². The molecule has 0 radical (unpaired) electrons. The number of halogens is 1. The van der Waals surface area contributed by atoms with Crippen LogP contribution in [0.4, 0.5) is 5.69 Å². The SMILES string of the molecule is COc1ccc(C)cc1NC(=O)CC[n+]1ccc(C)cc1.[Br-]. The van der Waals surface area contributed by atoms with Crippen molar-refractivity contribution in [3.8, 4) is 5.75 Å². The van der Waals surface area contributed by atoms with Crippen molar-refractivity contribution in [3.63, 3.8) is 0 Å². The lowest BCUT2D eigenvalue weighted by molar-refractivity contribution is -0.695. The van der Waals surface area contributed by atoms with Crippen LogP contribution in [0.25, 0.3) is 0 Å². The van der Waals surface area contributed by atoms with E-state index in [9.17, 15) is 4.79 Å². The zero-order valence-electron chi connectivity index (χ0n) is 13.1. The van der Waals surface area contributed by atoms with E-state index < -0.39 is 0 Å². The van der Waals surface area contributed by atoms with Crippen LogP contribution >= 0.6 is 0 Å².